The molecule has 1 atom stereocenters. The van der Waals surface area contributed by atoms with Crippen molar-refractivity contribution >= 4 is 17.9 Å². The molecule has 0 fully saturated rings. The third kappa shape index (κ3) is 52.5. The zero-order valence-electron chi connectivity index (χ0n) is 43.6. The maximum absolute atomic E-state index is 12.8. The molecule has 0 aliphatic carbocycles. The van der Waals surface area contributed by atoms with E-state index in [1.807, 2.05) is 0 Å². The lowest BCUT2D eigenvalue weighted by Crippen LogP contribution is -2.30. The molecule has 68 heavy (non-hydrogen) atoms. The average Bonchev–Trinajstić information content (AvgIpc) is 3.34. The van der Waals surface area contributed by atoms with E-state index in [0.717, 1.165) is 141 Å². The summed E-state index contributed by atoms with van der Waals surface area (Å²) in [5.41, 5.74) is 0. The van der Waals surface area contributed by atoms with Gasteiger partial charge in [0.25, 0.3) is 0 Å². The Morgan fingerprint density at radius 1 is 0.309 bits per heavy atom. The topological polar surface area (TPSA) is 78.9 Å². The summed E-state index contributed by atoms with van der Waals surface area (Å²) < 4.78 is 16.7. The standard InChI is InChI=1S/C62H98O6/c1-4-7-10-13-16-19-22-25-27-28-29-30-31-32-33-34-36-37-40-43-46-49-52-55-61(64)67-58-59(57-66-60(63)54-51-48-45-42-39-24-21-18-15-12-9-6-3)68-62(65)56-53-50-47-44-41-38-35-26-23-20-17-14-11-8-5-2/h7-8,10-11,16-21,25-27,29-30,32-33,35-37,43,46,59H,4-6,9,12-15,22-24,28,31,34,38-42,44-45,47-58H2,1-3H3/b10-7-,11-8-,19-16-,20-17-,21-18-,27-25-,30-29-,33-32-,35-26-,37-36-,46-43-. The van der Waals surface area contributed by atoms with Crippen LogP contribution in [0, 0.1) is 0 Å². The molecular weight excluding hydrogens is 841 g/mol. The van der Waals surface area contributed by atoms with Crippen LogP contribution in [0.1, 0.15) is 220 Å². The fourth-order valence-corrected chi connectivity index (χ4v) is 6.85. The quantitative estimate of drug-likeness (QED) is 0.0262. The highest BCUT2D eigenvalue weighted by atomic mass is 16.6. The van der Waals surface area contributed by atoms with Crippen LogP contribution in [0.15, 0.2) is 134 Å². The van der Waals surface area contributed by atoms with E-state index in [-0.39, 0.29) is 44.0 Å². The number of hydrogen-bond donors (Lipinski definition) is 0. The molecule has 0 N–H and O–H groups in total. The molecule has 1 unspecified atom stereocenters. The lowest BCUT2D eigenvalue weighted by atomic mass is 10.1. The van der Waals surface area contributed by atoms with Crippen molar-refractivity contribution in [3.05, 3.63) is 134 Å². The molecule has 0 aliphatic heterocycles. The first-order chi connectivity index (χ1) is 33.5. The van der Waals surface area contributed by atoms with E-state index in [0.29, 0.717) is 12.8 Å². The smallest absolute Gasteiger partial charge is 0.306 e. The minimum atomic E-state index is -0.818. The van der Waals surface area contributed by atoms with Crippen molar-refractivity contribution in [1.29, 1.82) is 0 Å². The number of allylic oxidation sites excluding steroid dienone is 22. The summed E-state index contributed by atoms with van der Waals surface area (Å²) in [5.74, 6) is -1.01. The van der Waals surface area contributed by atoms with Gasteiger partial charge in [0.1, 0.15) is 13.2 Å². The van der Waals surface area contributed by atoms with Crippen molar-refractivity contribution < 1.29 is 28.6 Å². The second-order valence-electron chi connectivity index (χ2n) is 17.4. The fourth-order valence-electron chi connectivity index (χ4n) is 6.85. The maximum Gasteiger partial charge on any atom is 0.306 e. The Hall–Kier alpha value is -4.45. The predicted molar refractivity (Wildman–Crippen MR) is 292 cm³/mol. The van der Waals surface area contributed by atoms with Gasteiger partial charge in [-0.3, -0.25) is 14.4 Å². The minimum Gasteiger partial charge on any atom is -0.462 e. The van der Waals surface area contributed by atoms with Gasteiger partial charge in [-0.05, 0) is 128 Å². The van der Waals surface area contributed by atoms with Crippen molar-refractivity contribution in [3.63, 3.8) is 0 Å². The predicted octanol–water partition coefficient (Wildman–Crippen LogP) is 18.3. The molecule has 0 spiro atoms. The van der Waals surface area contributed by atoms with Crippen LogP contribution in [0.4, 0.5) is 0 Å². The summed E-state index contributed by atoms with van der Waals surface area (Å²) >= 11 is 0. The molecule has 0 rings (SSSR count). The Kier molecular flexibility index (Phi) is 51.5. The van der Waals surface area contributed by atoms with Crippen molar-refractivity contribution in [2.24, 2.45) is 0 Å². The molecule has 0 heterocycles. The number of rotatable bonds is 47. The third-order valence-corrected chi connectivity index (χ3v) is 10.9. The van der Waals surface area contributed by atoms with Crippen LogP contribution >= 0.6 is 0 Å². The van der Waals surface area contributed by atoms with Gasteiger partial charge in [-0.1, -0.05) is 206 Å². The van der Waals surface area contributed by atoms with Crippen LogP contribution in [-0.4, -0.2) is 37.2 Å². The Balaban J connectivity index is 4.51. The van der Waals surface area contributed by atoms with Crippen molar-refractivity contribution in [3.8, 4) is 0 Å². The van der Waals surface area contributed by atoms with Gasteiger partial charge in [0.15, 0.2) is 6.10 Å². The van der Waals surface area contributed by atoms with E-state index < -0.39 is 6.10 Å². The van der Waals surface area contributed by atoms with E-state index in [1.54, 1.807) is 0 Å². The number of esters is 3. The average molecular weight is 939 g/mol. The maximum atomic E-state index is 12.8. The Labute approximate surface area is 417 Å². The van der Waals surface area contributed by atoms with Gasteiger partial charge in [-0.25, -0.2) is 0 Å². The van der Waals surface area contributed by atoms with Gasteiger partial charge in [0.05, 0.1) is 0 Å². The zero-order chi connectivity index (χ0) is 49.3. The highest BCUT2D eigenvalue weighted by Crippen LogP contribution is 2.12. The van der Waals surface area contributed by atoms with Crippen LogP contribution in [-0.2, 0) is 28.6 Å². The van der Waals surface area contributed by atoms with Crippen molar-refractivity contribution in [2.75, 3.05) is 13.2 Å². The van der Waals surface area contributed by atoms with Gasteiger partial charge >= 0.3 is 17.9 Å². The highest BCUT2D eigenvalue weighted by molar-refractivity contribution is 5.71. The first-order valence-corrected chi connectivity index (χ1v) is 27.2. The zero-order valence-corrected chi connectivity index (χ0v) is 43.6. The van der Waals surface area contributed by atoms with E-state index in [9.17, 15) is 14.4 Å². The summed E-state index contributed by atoms with van der Waals surface area (Å²) in [6.07, 6.45) is 77.3. The molecule has 0 bridgehead atoms. The van der Waals surface area contributed by atoms with Gasteiger partial charge < -0.3 is 14.2 Å². The third-order valence-electron chi connectivity index (χ3n) is 10.9. The van der Waals surface area contributed by atoms with Crippen LogP contribution in [0.3, 0.4) is 0 Å². The molecule has 0 saturated carbocycles. The molecule has 6 heteroatoms. The first kappa shape index (κ1) is 63.5. The summed E-state index contributed by atoms with van der Waals surface area (Å²) in [6.45, 7) is 6.30. The molecule has 0 aromatic rings. The Morgan fingerprint density at radius 2 is 0.588 bits per heavy atom. The number of carbonyl (C=O) groups excluding carboxylic acids is 3. The second-order valence-corrected chi connectivity index (χ2v) is 17.4. The number of ether oxygens (including phenoxy) is 3. The molecule has 0 aromatic heterocycles. The van der Waals surface area contributed by atoms with E-state index in [1.165, 1.54) is 32.1 Å². The van der Waals surface area contributed by atoms with Gasteiger partial charge in [-0.15, -0.1) is 0 Å². The van der Waals surface area contributed by atoms with E-state index in [4.69, 9.17) is 14.2 Å². The molecule has 0 radical (unpaired) electrons. The molecular formula is C62H98O6. The fraction of sp³-hybridized carbons (Fsp3) is 0.597. The van der Waals surface area contributed by atoms with Gasteiger partial charge in [0.2, 0.25) is 0 Å². The van der Waals surface area contributed by atoms with Crippen molar-refractivity contribution in [2.45, 2.75) is 226 Å². The number of carbonyl (C=O) groups is 3. The lowest BCUT2D eigenvalue weighted by molar-refractivity contribution is -0.167. The minimum absolute atomic E-state index is 0.112. The molecule has 6 nitrogen and oxygen atoms in total. The Bertz CT molecular complexity index is 1500. The lowest BCUT2D eigenvalue weighted by Gasteiger charge is -2.18. The second kappa shape index (κ2) is 55.1. The molecule has 0 aliphatic rings. The summed E-state index contributed by atoms with van der Waals surface area (Å²) in [4.78, 5) is 38.0. The van der Waals surface area contributed by atoms with E-state index >= 15 is 0 Å². The van der Waals surface area contributed by atoms with E-state index in [2.05, 4.69) is 154 Å². The van der Waals surface area contributed by atoms with Crippen molar-refractivity contribution in [1.82, 2.24) is 0 Å². The Morgan fingerprint density at radius 3 is 0.971 bits per heavy atom. The van der Waals surface area contributed by atoms with Gasteiger partial charge in [0, 0.05) is 19.3 Å². The summed E-state index contributed by atoms with van der Waals surface area (Å²) in [6, 6.07) is 0. The normalized spacial score (nSPS) is 13.2. The number of hydrogen-bond acceptors (Lipinski definition) is 6. The molecule has 0 amide bonds. The number of unbranched alkanes of at least 4 members (excludes halogenated alkanes) is 14. The van der Waals surface area contributed by atoms with Crippen LogP contribution in [0.2, 0.25) is 0 Å². The molecule has 0 aromatic carbocycles. The van der Waals surface area contributed by atoms with Crippen LogP contribution in [0.5, 0.6) is 0 Å². The van der Waals surface area contributed by atoms with Crippen LogP contribution in [0.25, 0.3) is 0 Å². The largest absolute Gasteiger partial charge is 0.462 e. The first-order valence-electron chi connectivity index (χ1n) is 27.2. The monoisotopic (exact) mass is 939 g/mol. The summed E-state index contributed by atoms with van der Waals surface area (Å²) in [7, 11) is 0. The van der Waals surface area contributed by atoms with Crippen LogP contribution < -0.4 is 0 Å². The highest BCUT2D eigenvalue weighted by Gasteiger charge is 2.19. The van der Waals surface area contributed by atoms with Gasteiger partial charge in [-0.2, -0.15) is 0 Å². The SMILES string of the molecule is CC/C=C\C/C=C\C/C=C\C/C=C\C/C=C\C/C=C\C/C=C\CCCC(=O)OCC(COC(=O)CCCCCCC/C=C\CCCCC)OC(=O)CCCCCCC/C=C\C/C=C\C/C=C\CC. The molecule has 0 saturated heterocycles. The summed E-state index contributed by atoms with van der Waals surface area (Å²) in [5, 5.41) is 0. The molecule has 382 valence electrons.